The van der Waals surface area contributed by atoms with E-state index in [0.717, 1.165) is 24.3 Å². The molecule has 1 amide bonds. The van der Waals surface area contributed by atoms with Crippen LogP contribution in [0.5, 0.6) is 11.5 Å². The van der Waals surface area contributed by atoms with Crippen LogP contribution in [-0.4, -0.2) is 25.7 Å². The van der Waals surface area contributed by atoms with Gasteiger partial charge in [-0.2, -0.15) is 0 Å². The Labute approximate surface area is 172 Å². The Hall–Kier alpha value is -2.24. The summed E-state index contributed by atoms with van der Waals surface area (Å²) in [6.07, 6.45) is 0.938. The van der Waals surface area contributed by atoms with E-state index in [1.807, 2.05) is 18.2 Å². The zero-order valence-corrected chi connectivity index (χ0v) is 17.3. The van der Waals surface area contributed by atoms with Crippen LogP contribution in [0.15, 0.2) is 36.4 Å². The molecular weight excluding hydrogens is 376 g/mol. The van der Waals surface area contributed by atoms with Gasteiger partial charge in [-0.3, -0.25) is 4.79 Å². The molecule has 0 radical (unpaired) electrons. The lowest BCUT2D eigenvalue weighted by molar-refractivity contribution is -0.118. The molecule has 2 N–H and O–H groups in total. The third-order valence-electron chi connectivity index (χ3n) is 5.14. The predicted octanol–water partition coefficient (Wildman–Crippen LogP) is 4.00. The third-order valence-corrected chi connectivity index (χ3v) is 5.14. The molecule has 28 heavy (non-hydrogen) atoms. The Morgan fingerprint density at radius 1 is 1.07 bits per heavy atom. The van der Waals surface area contributed by atoms with Gasteiger partial charge in [0.2, 0.25) is 5.91 Å². The van der Waals surface area contributed by atoms with E-state index in [2.05, 4.69) is 49.6 Å². The Bertz CT molecular complexity index is 877. The second kappa shape index (κ2) is 8.02. The van der Waals surface area contributed by atoms with E-state index in [0.29, 0.717) is 24.7 Å². The molecular formula is C22H27ClN2O3. The van der Waals surface area contributed by atoms with E-state index in [4.69, 9.17) is 9.47 Å². The van der Waals surface area contributed by atoms with Crippen molar-refractivity contribution in [2.75, 3.05) is 25.1 Å². The number of fused-ring (bicyclic) bond motifs is 2. The molecule has 2 heterocycles. The summed E-state index contributed by atoms with van der Waals surface area (Å²) in [7, 11) is 0. The highest BCUT2D eigenvalue weighted by molar-refractivity contribution is 5.96. The molecule has 4 rings (SSSR count). The van der Waals surface area contributed by atoms with Crippen LogP contribution in [0.3, 0.4) is 0 Å². The van der Waals surface area contributed by atoms with Crippen LogP contribution >= 0.6 is 12.4 Å². The maximum atomic E-state index is 13.0. The van der Waals surface area contributed by atoms with Crippen LogP contribution in [0.2, 0.25) is 0 Å². The summed E-state index contributed by atoms with van der Waals surface area (Å²) in [4.78, 5) is 13.0. The Kier molecular flexibility index (Phi) is 5.87. The minimum Gasteiger partial charge on any atom is -0.486 e. The predicted molar refractivity (Wildman–Crippen MR) is 113 cm³/mol. The number of carbonyl (C=O) groups is 1. The molecule has 150 valence electrons. The first-order valence-electron chi connectivity index (χ1n) is 9.49. The highest BCUT2D eigenvalue weighted by Gasteiger charge is 2.28. The van der Waals surface area contributed by atoms with Crippen molar-refractivity contribution >= 4 is 24.0 Å². The SMILES string of the molecule is CC(C)(C)c1ccc2c(c1)C(C(=O)Nc1ccc3c(c1)OCCO3)NCC2.Cl. The topological polar surface area (TPSA) is 59.6 Å². The summed E-state index contributed by atoms with van der Waals surface area (Å²) < 4.78 is 11.1. The number of hydrogen-bond donors (Lipinski definition) is 2. The van der Waals surface area contributed by atoms with E-state index in [1.165, 1.54) is 11.1 Å². The fraction of sp³-hybridized carbons (Fsp3) is 0.409. The fourth-order valence-corrected chi connectivity index (χ4v) is 3.59. The second-order valence-electron chi connectivity index (χ2n) is 8.15. The number of nitrogens with one attached hydrogen (secondary N) is 2. The van der Waals surface area contributed by atoms with Gasteiger partial charge < -0.3 is 20.1 Å². The molecule has 2 aliphatic heterocycles. The summed E-state index contributed by atoms with van der Waals surface area (Å²) in [6, 6.07) is 11.7. The standard InChI is InChI=1S/C22H26N2O3.ClH/c1-22(2,3)15-5-4-14-8-9-23-20(17(14)12-15)21(25)24-16-6-7-18-19(13-16)27-11-10-26-18;/h4-7,12-13,20,23H,8-11H2,1-3H3,(H,24,25);1H. The molecule has 0 bridgehead atoms. The fourth-order valence-electron chi connectivity index (χ4n) is 3.59. The van der Waals surface area contributed by atoms with Crippen molar-refractivity contribution in [1.29, 1.82) is 0 Å². The minimum atomic E-state index is -0.357. The van der Waals surface area contributed by atoms with Crippen molar-refractivity contribution in [1.82, 2.24) is 5.32 Å². The Morgan fingerprint density at radius 3 is 2.57 bits per heavy atom. The maximum absolute atomic E-state index is 13.0. The number of amides is 1. The number of carbonyl (C=O) groups excluding carboxylic acids is 1. The first-order valence-corrected chi connectivity index (χ1v) is 9.49. The van der Waals surface area contributed by atoms with E-state index in [1.54, 1.807) is 0 Å². The van der Waals surface area contributed by atoms with Crippen LogP contribution in [0.1, 0.15) is 43.5 Å². The summed E-state index contributed by atoms with van der Waals surface area (Å²) in [5.41, 5.74) is 4.31. The quantitative estimate of drug-likeness (QED) is 0.797. The molecule has 0 fully saturated rings. The van der Waals surface area contributed by atoms with Gasteiger partial charge in [0.25, 0.3) is 0 Å². The molecule has 2 aromatic carbocycles. The largest absolute Gasteiger partial charge is 0.486 e. The van der Waals surface area contributed by atoms with Crippen LogP contribution in [0.25, 0.3) is 0 Å². The lowest BCUT2D eigenvalue weighted by Crippen LogP contribution is -2.38. The van der Waals surface area contributed by atoms with Gasteiger partial charge in [-0.15, -0.1) is 12.4 Å². The first kappa shape index (κ1) is 20.5. The van der Waals surface area contributed by atoms with Crippen LogP contribution < -0.4 is 20.1 Å². The molecule has 0 saturated carbocycles. The van der Waals surface area contributed by atoms with Gasteiger partial charge in [0.1, 0.15) is 19.3 Å². The summed E-state index contributed by atoms with van der Waals surface area (Å²) in [5.74, 6) is 1.33. The number of ether oxygens (including phenoxy) is 2. The van der Waals surface area contributed by atoms with Crippen molar-refractivity contribution < 1.29 is 14.3 Å². The summed E-state index contributed by atoms with van der Waals surface area (Å²) >= 11 is 0. The van der Waals surface area contributed by atoms with Gasteiger partial charge >= 0.3 is 0 Å². The second-order valence-corrected chi connectivity index (χ2v) is 8.15. The smallest absolute Gasteiger partial charge is 0.246 e. The van der Waals surface area contributed by atoms with E-state index in [9.17, 15) is 4.79 Å². The van der Waals surface area contributed by atoms with Crippen LogP contribution in [0, 0.1) is 0 Å². The highest BCUT2D eigenvalue weighted by atomic mass is 35.5. The molecule has 1 atom stereocenters. The first-order chi connectivity index (χ1) is 12.9. The molecule has 0 spiro atoms. The monoisotopic (exact) mass is 402 g/mol. The van der Waals surface area contributed by atoms with Crippen LogP contribution in [0.4, 0.5) is 5.69 Å². The summed E-state index contributed by atoms with van der Waals surface area (Å²) in [6.45, 7) is 8.44. The number of rotatable bonds is 2. The van der Waals surface area contributed by atoms with Crippen molar-refractivity contribution in [3.63, 3.8) is 0 Å². The number of benzene rings is 2. The lowest BCUT2D eigenvalue weighted by Gasteiger charge is -2.29. The molecule has 0 saturated heterocycles. The summed E-state index contributed by atoms with van der Waals surface area (Å²) in [5, 5.41) is 6.39. The highest BCUT2D eigenvalue weighted by Crippen LogP contribution is 2.34. The van der Waals surface area contributed by atoms with Crippen molar-refractivity contribution in [2.24, 2.45) is 0 Å². The average molecular weight is 403 g/mol. The number of hydrogen-bond acceptors (Lipinski definition) is 4. The normalized spacial score (nSPS) is 17.9. The van der Waals surface area contributed by atoms with Gasteiger partial charge in [-0.05, 0) is 40.7 Å². The van der Waals surface area contributed by atoms with E-state index in [-0.39, 0.29) is 29.8 Å². The van der Waals surface area contributed by atoms with Gasteiger partial charge in [0, 0.05) is 18.3 Å². The molecule has 6 heteroatoms. The lowest BCUT2D eigenvalue weighted by atomic mass is 9.82. The molecule has 1 unspecified atom stereocenters. The van der Waals surface area contributed by atoms with E-state index < -0.39 is 0 Å². The van der Waals surface area contributed by atoms with Gasteiger partial charge in [0.05, 0.1) is 0 Å². The van der Waals surface area contributed by atoms with Crippen LogP contribution in [-0.2, 0) is 16.6 Å². The molecule has 5 nitrogen and oxygen atoms in total. The van der Waals surface area contributed by atoms with Crippen molar-refractivity contribution in [3.05, 3.63) is 53.1 Å². The van der Waals surface area contributed by atoms with Gasteiger partial charge in [-0.25, -0.2) is 0 Å². The Morgan fingerprint density at radius 2 is 1.82 bits per heavy atom. The third kappa shape index (κ3) is 4.10. The van der Waals surface area contributed by atoms with Crippen molar-refractivity contribution in [3.8, 4) is 11.5 Å². The molecule has 2 aromatic rings. The Balaban J connectivity index is 0.00000225. The zero-order chi connectivity index (χ0) is 19.0. The van der Waals surface area contributed by atoms with Gasteiger partial charge in [-0.1, -0.05) is 39.0 Å². The maximum Gasteiger partial charge on any atom is 0.246 e. The minimum absolute atomic E-state index is 0. The number of anilines is 1. The average Bonchev–Trinajstić information content (AvgIpc) is 2.66. The van der Waals surface area contributed by atoms with E-state index >= 15 is 0 Å². The zero-order valence-electron chi connectivity index (χ0n) is 16.5. The molecule has 0 aromatic heterocycles. The molecule has 2 aliphatic rings. The van der Waals surface area contributed by atoms with Gasteiger partial charge in [0.15, 0.2) is 11.5 Å². The van der Waals surface area contributed by atoms with Crippen molar-refractivity contribution in [2.45, 2.75) is 38.6 Å². The molecule has 0 aliphatic carbocycles. The number of halogens is 1.